The SMILES string of the molecule is Cc1ccsc1C(=O)NCCCC(C)(C)CO. The van der Waals surface area contributed by atoms with Gasteiger partial charge in [-0.15, -0.1) is 11.3 Å². The van der Waals surface area contributed by atoms with Gasteiger partial charge in [0.15, 0.2) is 0 Å². The molecule has 1 aromatic rings. The van der Waals surface area contributed by atoms with Crippen LogP contribution in [-0.2, 0) is 0 Å². The molecule has 0 aliphatic carbocycles. The molecule has 0 bridgehead atoms. The van der Waals surface area contributed by atoms with Crippen LogP contribution in [-0.4, -0.2) is 24.2 Å². The third-order valence-corrected chi connectivity index (χ3v) is 3.83. The fraction of sp³-hybridized carbons (Fsp3) is 0.615. The summed E-state index contributed by atoms with van der Waals surface area (Å²) in [6.07, 6.45) is 1.80. The number of amides is 1. The van der Waals surface area contributed by atoms with Crippen molar-refractivity contribution in [3.8, 4) is 0 Å². The second-order valence-corrected chi connectivity index (χ2v) is 6.03. The van der Waals surface area contributed by atoms with E-state index in [1.54, 1.807) is 0 Å². The van der Waals surface area contributed by atoms with Gasteiger partial charge in [-0.25, -0.2) is 0 Å². The lowest BCUT2D eigenvalue weighted by Gasteiger charge is -2.21. The van der Waals surface area contributed by atoms with Crippen molar-refractivity contribution in [3.05, 3.63) is 21.9 Å². The number of thiophene rings is 1. The summed E-state index contributed by atoms with van der Waals surface area (Å²) < 4.78 is 0. The maximum absolute atomic E-state index is 11.8. The molecule has 1 rings (SSSR count). The fourth-order valence-corrected chi connectivity index (χ4v) is 2.37. The number of nitrogens with one attached hydrogen (secondary N) is 1. The predicted molar refractivity (Wildman–Crippen MR) is 71.5 cm³/mol. The second kappa shape index (κ2) is 6.17. The molecule has 0 atom stereocenters. The highest BCUT2D eigenvalue weighted by Crippen LogP contribution is 2.20. The van der Waals surface area contributed by atoms with Gasteiger partial charge in [-0.05, 0) is 42.2 Å². The van der Waals surface area contributed by atoms with Crippen molar-refractivity contribution in [1.82, 2.24) is 5.32 Å². The van der Waals surface area contributed by atoms with Crippen molar-refractivity contribution in [3.63, 3.8) is 0 Å². The highest BCUT2D eigenvalue weighted by molar-refractivity contribution is 7.12. The Hall–Kier alpha value is -0.870. The van der Waals surface area contributed by atoms with E-state index in [2.05, 4.69) is 5.32 Å². The van der Waals surface area contributed by atoms with Crippen LogP contribution in [0.4, 0.5) is 0 Å². The average Bonchev–Trinajstić information content (AvgIpc) is 2.71. The quantitative estimate of drug-likeness (QED) is 0.768. The van der Waals surface area contributed by atoms with Crippen molar-refractivity contribution in [1.29, 1.82) is 0 Å². The number of aryl methyl sites for hydroxylation is 1. The first kappa shape index (κ1) is 14.2. The molecule has 4 heteroatoms. The molecule has 0 fully saturated rings. The van der Waals surface area contributed by atoms with Crippen LogP contribution in [0.3, 0.4) is 0 Å². The predicted octanol–water partition coefficient (Wildman–Crippen LogP) is 2.59. The average molecular weight is 255 g/mol. The molecule has 3 nitrogen and oxygen atoms in total. The van der Waals surface area contributed by atoms with Gasteiger partial charge >= 0.3 is 0 Å². The largest absolute Gasteiger partial charge is 0.396 e. The highest BCUT2D eigenvalue weighted by Gasteiger charge is 2.16. The first-order valence-corrected chi connectivity index (χ1v) is 6.77. The first-order chi connectivity index (χ1) is 7.96. The van der Waals surface area contributed by atoms with Gasteiger partial charge < -0.3 is 10.4 Å². The number of hydrogen-bond donors (Lipinski definition) is 2. The van der Waals surface area contributed by atoms with Crippen LogP contribution in [0.15, 0.2) is 11.4 Å². The number of aliphatic hydroxyl groups is 1. The van der Waals surface area contributed by atoms with Crippen LogP contribution in [0.5, 0.6) is 0 Å². The molecule has 1 heterocycles. The number of hydrogen-bond acceptors (Lipinski definition) is 3. The molecule has 0 aliphatic rings. The first-order valence-electron chi connectivity index (χ1n) is 5.89. The molecule has 0 aromatic carbocycles. The van der Waals surface area contributed by atoms with Gasteiger partial charge in [0.25, 0.3) is 5.91 Å². The normalized spacial score (nSPS) is 11.5. The molecule has 0 saturated heterocycles. The van der Waals surface area contributed by atoms with Crippen LogP contribution in [0.2, 0.25) is 0 Å². The van der Waals surface area contributed by atoms with E-state index in [9.17, 15) is 4.79 Å². The minimum Gasteiger partial charge on any atom is -0.396 e. The van der Waals surface area contributed by atoms with E-state index in [4.69, 9.17) is 5.11 Å². The van der Waals surface area contributed by atoms with E-state index in [1.165, 1.54) is 11.3 Å². The Morgan fingerprint density at radius 3 is 2.76 bits per heavy atom. The summed E-state index contributed by atoms with van der Waals surface area (Å²) in [5.74, 6) is 0.0132. The summed E-state index contributed by atoms with van der Waals surface area (Å²) in [6, 6.07) is 1.95. The van der Waals surface area contributed by atoms with Crippen molar-refractivity contribution >= 4 is 17.2 Å². The molecule has 2 N–H and O–H groups in total. The summed E-state index contributed by atoms with van der Waals surface area (Å²) in [6.45, 7) is 6.85. The van der Waals surface area contributed by atoms with Gasteiger partial charge in [0.05, 0.1) is 4.88 Å². The molecule has 1 amide bonds. The molecule has 0 saturated carbocycles. The zero-order chi connectivity index (χ0) is 12.9. The van der Waals surface area contributed by atoms with Gasteiger partial charge in [0.1, 0.15) is 0 Å². The molecule has 0 spiro atoms. The molecule has 1 aromatic heterocycles. The van der Waals surface area contributed by atoms with Crippen LogP contribution in [0.1, 0.15) is 41.9 Å². The Morgan fingerprint density at radius 1 is 1.53 bits per heavy atom. The molecule has 0 radical (unpaired) electrons. The van der Waals surface area contributed by atoms with E-state index in [0.29, 0.717) is 6.54 Å². The Balaban J connectivity index is 2.29. The van der Waals surface area contributed by atoms with Gasteiger partial charge in [0.2, 0.25) is 0 Å². The van der Waals surface area contributed by atoms with E-state index >= 15 is 0 Å². The van der Waals surface area contributed by atoms with Gasteiger partial charge in [0, 0.05) is 13.2 Å². The monoisotopic (exact) mass is 255 g/mol. The van der Waals surface area contributed by atoms with E-state index in [0.717, 1.165) is 23.3 Å². The summed E-state index contributed by atoms with van der Waals surface area (Å²) in [7, 11) is 0. The lowest BCUT2D eigenvalue weighted by Crippen LogP contribution is -2.26. The maximum atomic E-state index is 11.8. The Kier molecular flexibility index (Phi) is 5.15. The van der Waals surface area contributed by atoms with Gasteiger partial charge in [-0.3, -0.25) is 4.79 Å². The molecular weight excluding hydrogens is 234 g/mol. The van der Waals surface area contributed by atoms with Gasteiger partial charge in [-0.1, -0.05) is 13.8 Å². The molecule has 0 unspecified atom stereocenters. The topological polar surface area (TPSA) is 49.3 Å². The summed E-state index contributed by atoms with van der Waals surface area (Å²) in [4.78, 5) is 12.6. The summed E-state index contributed by atoms with van der Waals surface area (Å²) in [5, 5.41) is 13.9. The summed E-state index contributed by atoms with van der Waals surface area (Å²) >= 11 is 1.47. The second-order valence-electron chi connectivity index (χ2n) is 5.11. The zero-order valence-corrected chi connectivity index (χ0v) is 11.6. The number of carbonyl (C=O) groups excluding carboxylic acids is 1. The molecule has 0 aliphatic heterocycles. The molecular formula is C13H21NO2S. The van der Waals surface area contributed by atoms with Crippen LogP contribution in [0.25, 0.3) is 0 Å². The number of aliphatic hydroxyl groups excluding tert-OH is 1. The van der Waals surface area contributed by atoms with E-state index in [1.807, 2.05) is 32.2 Å². The summed E-state index contributed by atoms with van der Waals surface area (Å²) in [5.41, 5.74) is 0.979. The van der Waals surface area contributed by atoms with Crippen molar-refractivity contribution in [2.24, 2.45) is 5.41 Å². The molecule has 17 heavy (non-hydrogen) atoms. The lowest BCUT2D eigenvalue weighted by molar-refractivity contribution is 0.0952. The Morgan fingerprint density at radius 2 is 2.24 bits per heavy atom. The standard InChI is InChI=1S/C13H21NO2S/c1-10-5-8-17-11(10)12(16)14-7-4-6-13(2,3)9-15/h5,8,15H,4,6-7,9H2,1-3H3,(H,14,16). The fourth-order valence-electron chi connectivity index (χ4n) is 1.53. The Labute approximate surface area is 107 Å². The smallest absolute Gasteiger partial charge is 0.261 e. The van der Waals surface area contributed by atoms with Crippen molar-refractivity contribution in [2.45, 2.75) is 33.6 Å². The van der Waals surface area contributed by atoms with Crippen LogP contribution < -0.4 is 5.32 Å². The maximum Gasteiger partial charge on any atom is 0.261 e. The zero-order valence-electron chi connectivity index (χ0n) is 10.7. The minimum absolute atomic E-state index is 0.0132. The van der Waals surface area contributed by atoms with Crippen molar-refractivity contribution < 1.29 is 9.90 Å². The molecule has 96 valence electrons. The third kappa shape index (κ3) is 4.48. The van der Waals surface area contributed by atoms with Crippen LogP contribution in [0, 0.1) is 12.3 Å². The number of rotatable bonds is 6. The van der Waals surface area contributed by atoms with E-state index < -0.39 is 0 Å². The highest BCUT2D eigenvalue weighted by atomic mass is 32.1. The third-order valence-electron chi connectivity index (χ3n) is 2.81. The van der Waals surface area contributed by atoms with Gasteiger partial charge in [-0.2, -0.15) is 0 Å². The Bertz CT molecular complexity index is 371. The number of carbonyl (C=O) groups is 1. The minimum atomic E-state index is -0.0520. The lowest BCUT2D eigenvalue weighted by atomic mass is 9.89. The van der Waals surface area contributed by atoms with E-state index in [-0.39, 0.29) is 17.9 Å². The van der Waals surface area contributed by atoms with Crippen LogP contribution >= 0.6 is 11.3 Å². The van der Waals surface area contributed by atoms with Crippen molar-refractivity contribution in [2.75, 3.05) is 13.2 Å².